The maximum absolute atomic E-state index is 11.8. The summed E-state index contributed by atoms with van der Waals surface area (Å²) in [5, 5.41) is 13.2. The van der Waals surface area contributed by atoms with Gasteiger partial charge in [-0.25, -0.2) is 9.48 Å². The minimum atomic E-state index is -0.651. The number of aryl methyl sites for hydroxylation is 1. The van der Waals surface area contributed by atoms with Gasteiger partial charge in [-0.15, -0.1) is 0 Å². The number of carbonyl (C=O) groups is 1. The first-order chi connectivity index (χ1) is 9.58. The third-order valence-corrected chi connectivity index (χ3v) is 2.78. The number of esters is 1. The number of benzene rings is 1. The lowest BCUT2D eigenvalue weighted by atomic mass is 10.2. The van der Waals surface area contributed by atoms with Crippen LogP contribution in [0, 0.1) is 18.3 Å². The van der Waals surface area contributed by atoms with E-state index in [9.17, 15) is 4.79 Å². The minimum absolute atomic E-state index is 0.0315. The third kappa shape index (κ3) is 2.34. The molecule has 0 aliphatic rings. The van der Waals surface area contributed by atoms with Gasteiger partial charge in [0.05, 0.1) is 12.3 Å². The molecule has 0 saturated heterocycles. The zero-order chi connectivity index (χ0) is 14.7. The van der Waals surface area contributed by atoms with Gasteiger partial charge >= 0.3 is 5.97 Å². The largest absolute Gasteiger partial charge is 0.461 e. The molecule has 0 fully saturated rings. The molecule has 2 rings (SSSR count). The van der Waals surface area contributed by atoms with E-state index < -0.39 is 5.97 Å². The summed E-state index contributed by atoms with van der Waals surface area (Å²) in [4.78, 5) is 11.8. The topological polar surface area (TPSA) is 93.9 Å². The molecule has 0 aliphatic carbocycles. The molecule has 2 N–H and O–H groups in total. The van der Waals surface area contributed by atoms with Crippen molar-refractivity contribution in [2.45, 2.75) is 13.8 Å². The van der Waals surface area contributed by atoms with Crippen LogP contribution in [-0.4, -0.2) is 22.4 Å². The van der Waals surface area contributed by atoms with Crippen LogP contribution in [0.1, 0.15) is 28.5 Å². The van der Waals surface area contributed by atoms with Gasteiger partial charge in [-0.05, 0) is 26.0 Å². The van der Waals surface area contributed by atoms with E-state index in [2.05, 4.69) is 5.10 Å². The van der Waals surface area contributed by atoms with Crippen LogP contribution < -0.4 is 5.73 Å². The molecule has 0 radical (unpaired) electrons. The third-order valence-electron chi connectivity index (χ3n) is 2.78. The summed E-state index contributed by atoms with van der Waals surface area (Å²) < 4.78 is 6.24. The quantitative estimate of drug-likeness (QED) is 0.858. The van der Waals surface area contributed by atoms with Gasteiger partial charge in [-0.3, -0.25) is 0 Å². The maximum atomic E-state index is 11.8. The number of nitrogens with two attached hydrogens (primary N) is 1. The second-order valence-corrected chi connectivity index (χ2v) is 4.19. The summed E-state index contributed by atoms with van der Waals surface area (Å²) in [5.74, 6) is -0.527. The average molecular weight is 270 g/mol. The van der Waals surface area contributed by atoms with Gasteiger partial charge < -0.3 is 10.5 Å². The highest BCUT2D eigenvalue weighted by molar-refractivity contribution is 5.92. The number of nitrogens with zero attached hydrogens (tertiary/aromatic N) is 3. The van der Waals surface area contributed by atoms with Crippen LogP contribution in [-0.2, 0) is 4.74 Å². The molecule has 2 aromatic rings. The molecule has 6 nitrogen and oxygen atoms in total. The van der Waals surface area contributed by atoms with Gasteiger partial charge in [0.2, 0.25) is 0 Å². The maximum Gasteiger partial charge on any atom is 0.360 e. The molecule has 0 amide bonds. The number of carbonyl (C=O) groups excluding carboxylic acids is 1. The fourth-order valence-corrected chi connectivity index (χ4v) is 1.77. The first-order valence-electron chi connectivity index (χ1n) is 6.11. The number of rotatable bonds is 3. The molecule has 0 spiro atoms. The Morgan fingerprint density at radius 2 is 2.10 bits per heavy atom. The number of hydrogen-bond donors (Lipinski definition) is 1. The van der Waals surface area contributed by atoms with Crippen LogP contribution in [0.5, 0.6) is 0 Å². The highest BCUT2D eigenvalue weighted by atomic mass is 16.5. The molecule has 1 aromatic heterocycles. The molecule has 1 aromatic carbocycles. The van der Waals surface area contributed by atoms with E-state index in [0.717, 1.165) is 5.56 Å². The fourth-order valence-electron chi connectivity index (χ4n) is 1.77. The number of nitrogen functional groups attached to an aromatic ring is 1. The predicted octanol–water partition coefficient (Wildman–Crippen LogP) is 1.81. The first-order valence-corrected chi connectivity index (χ1v) is 6.11. The lowest BCUT2D eigenvalue weighted by molar-refractivity contribution is 0.0518. The molecular formula is C14H14N4O2. The van der Waals surface area contributed by atoms with Crippen LogP contribution in [0.3, 0.4) is 0 Å². The Bertz CT molecular complexity index is 680. The van der Waals surface area contributed by atoms with Gasteiger partial charge in [0.1, 0.15) is 17.5 Å². The molecule has 6 heteroatoms. The van der Waals surface area contributed by atoms with Crippen molar-refractivity contribution in [2.75, 3.05) is 12.3 Å². The summed E-state index contributed by atoms with van der Waals surface area (Å²) >= 11 is 0. The standard InChI is InChI=1S/C14H14N4O2/c1-3-20-14(19)12-11(8-15)13(16)18(17-12)10-6-4-9(2)5-7-10/h4-7H,3,16H2,1-2H3. The highest BCUT2D eigenvalue weighted by Gasteiger charge is 2.23. The minimum Gasteiger partial charge on any atom is -0.461 e. The lowest BCUT2D eigenvalue weighted by Gasteiger charge is -2.03. The summed E-state index contributed by atoms with van der Waals surface area (Å²) in [6.07, 6.45) is 0. The fraction of sp³-hybridized carbons (Fsp3) is 0.214. The first kappa shape index (κ1) is 13.6. The van der Waals surface area contributed by atoms with Crippen molar-refractivity contribution in [3.05, 3.63) is 41.1 Å². The number of nitriles is 1. The van der Waals surface area contributed by atoms with E-state index >= 15 is 0 Å². The summed E-state index contributed by atoms with van der Waals surface area (Å²) in [7, 11) is 0. The Morgan fingerprint density at radius 3 is 2.65 bits per heavy atom. The smallest absolute Gasteiger partial charge is 0.360 e. The molecule has 0 bridgehead atoms. The zero-order valence-electron chi connectivity index (χ0n) is 11.3. The molecule has 0 aliphatic heterocycles. The van der Waals surface area contributed by atoms with E-state index in [-0.39, 0.29) is 23.7 Å². The van der Waals surface area contributed by atoms with Crippen molar-refractivity contribution in [1.29, 1.82) is 5.26 Å². The Kier molecular flexibility index (Phi) is 3.71. The van der Waals surface area contributed by atoms with E-state index in [1.54, 1.807) is 6.92 Å². The molecule has 0 atom stereocenters. The number of anilines is 1. The highest BCUT2D eigenvalue weighted by Crippen LogP contribution is 2.21. The second kappa shape index (κ2) is 5.45. The van der Waals surface area contributed by atoms with Crippen LogP contribution in [0.4, 0.5) is 5.82 Å². The monoisotopic (exact) mass is 270 g/mol. The van der Waals surface area contributed by atoms with Crippen molar-refractivity contribution in [2.24, 2.45) is 0 Å². The van der Waals surface area contributed by atoms with E-state index in [1.165, 1.54) is 4.68 Å². The van der Waals surface area contributed by atoms with Crippen LogP contribution in [0.2, 0.25) is 0 Å². The summed E-state index contributed by atoms with van der Waals surface area (Å²) in [6.45, 7) is 3.85. The average Bonchev–Trinajstić information content (AvgIpc) is 2.77. The van der Waals surface area contributed by atoms with Crippen molar-refractivity contribution in [1.82, 2.24) is 9.78 Å². The SMILES string of the molecule is CCOC(=O)c1nn(-c2ccc(C)cc2)c(N)c1C#N. The Morgan fingerprint density at radius 1 is 1.45 bits per heavy atom. The van der Waals surface area contributed by atoms with Crippen molar-refractivity contribution in [3.8, 4) is 11.8 Å². The van der Waals surface area contributed by atoms with Crippen LogP contribution >= 0.6 is 0 Å². The van der Waals surface area contributed by atoms with E-state index in [0.29, 0.717) is 5.69 Å². The van der Waals surface area contributed by atoms with E-state index in [4.69, 9.17) is 15.7 Å². The van der Waals surface area contributed by atoms with Crippen molar-refractivity contribution in [3.63, 3.8) is 0 Å². The molecular weight excluding hydrogens is 256 g/mol. The lowest BCUT2D eigenvalue weighted by Crippen LogP contribution is -2.08. The molecule has 20 heavy (non-hydrogen) atoms. The van der Waals surface area contributed by atoms with Crippen LogP contribution in [0.25, 0.3) is 5.69 Å². The van der Waals surface area contributed by atoms with Crippen molar-refractivity contribution >= 4 is 11.8 Å². The Balaban J connectivity index is 2.53. The van der Waals surface area contributed by atoms with Gasteiger partial charge in [0.15, 0.2) is 5.69 Å². The van der Waals surface area contributed by atoms with Crippen LogP contribution in [0.15, 0.2) is 24.3 Å². The number of hydrogen-bond acceptors (Lipinski definition) is 5. The Labute approximate surface area is 116 Å². The van der Waals surface area contributed by atoms with Gasteiger partial charge in [0.25, 0.3) is 0 Å². The Hall–Kier alpha value is -2.81. The molecule has 0 unspecified atom stereocenters. The van der Waals surface area contributed by atoms with Gasteiger partial charge in [0, 0.05) is 0 Å². The molecule has 102 valence electrons. The van der Waals surface area contributed by atoms with Crippen molar-refractivity contribution < 1.29 is 9.53 Å². The summed E-state index contributed by atoms with van der Waals surface area (Å²) in [5.41, 5.74) is 7.63. The van der Waals surface area contributed by atoms with Gasteiger partial charge in [-0.1, -0.05) is 17.7 Å². The normalized spacial score (nSPS) is 10.1. The second-order valence-electron chi connectivity index (χ2n) is 4.19. The molecule has 0 saturated carbocycles. The number of aromatic nitrogens is 2. The van der Waals surface area contributed by atoms with Gasteiger partial charge in [-0.2, -0.15) is 10.4 Å². The zero-order valence-corrected chi connectivity index (χ0v) is 11.3. The molecule has 1 heterocycles. The number of ether oxygens (including phenoxy) is 1. The van der Waals surface area contributed by atoms with E-state index in [1.807, 2.05) is 37.3 Å². The summed E-state index contributed by atoms with van der Waals surface area (Å²) in [6, 6.07) is 9.31. The predicted molar refractivity (Wildman–Crippen MR) is 73.4 cm³/mol.